The van der Waals surface area contributed by atoms with Crippen molar-refractivity contribution in [3.63, 3.8) is 0 Å². The van der Waals surface area contributed by atoms with Gasteiger partial charge in [0.05, 0.1) is 18.0 Å². The molecule has 2 aromatic rings. The van der Waals surface area contributed by atoms with E-state index in [9.17, 15) is 13.2 Å². The van der Waals surface area contributed by atoms with Gasteiger partial charge in [0.25, 0.3) is 5.91 Å². The lowest BCUT2D eigenvalue weighted by Gasteiger charge is -2.12. The molecule has 2 heterocycles. The Kier molecular flexibility index (Phi) is 3.54. The molecule has 0 radical (unpaired) electrons. The van der Waals surface area contributed by atoms with E-state index in [-0.39, 0.29) is 18.0 Å². The largest absolute Gasteiger partial charge is 0.289 e. The summed E-state index contributed by atoms with van der Waals surface area (Å²) in [4.78, 5) is 13.0. The monoisotopic (exact) mass is 324 g/mol. The number of fused-ring (bicyclic) bond motifs is 1. The maximum atomic E-state index is 12.4. The maximum absolute atomic E-state index is 12.4. The summed E-state index contributed by atoms with van der Waals surface area (Å²) < 4.78 is 25.8. The Balaban J connectivity index is 1.94. The number of carbonyl (C=O) groups excluding carboxylic acids is 1. The zero-order chi connectivity index (χ0) is 15.0. The highest BCUT2D eigenvalue weighted by Crippen LogP contribution is 2.40. The normalized spacial score (nSPS) is 16.6. The van der Waals surface area contributed by atoms with Crippen molar-refractivity contribution in [2.75, 3.05) is 6.54 Å². The standard InChI is InChI=1S/C13H12N2O4S2/c16-13(14-17)8-15-7-11-12(21(15,18)19)6-10(20-11)9-4-2-1-3-5-9/h1-6,17H,7-8H2,(H,14,16). The van der Waals surface area contributed by atoms with E-state index in [1.807, 2.05) is 30.3 Å². The topological polar surface area (TPSA) is 86.7 Å². The fraction of sp³-hybridized carbons (Fsp3) is 0.154. The van der Waals surface area contributed by atoms with Crippen molar-refractivity contribution in [1.82, 2.24) is 9.79 Å². The molecule has 0 spiro atoms. The summed E-state index contributed by atoms with van der Waals surface area (Å²) in [6.07, 6.45) is 0. The SMILES string of the molecule is O=C(CN1Cc2sc(-c3ccccc3)cc2S1(=O)=O)NO. The summed E-state index contributed by atoms with van der Waals surface area (Å²) in [6, 6.07) is 11.2. The zero-order valence-corrected chi connectivity index (χ0v) is 12.4. The molecule has 2 N–H and O–H groups in total. The van der Waals surface area contributed by atoms with Crippen LogP contribution in [0.1, 0.15) is 4.88 Å². The van der Waals surface area contributed by atoms with Crippen molar-refractivity contribution in [3.8, 4) is 10.4 Å². The molecule has 0 unspecified atom stereocenters. The minimum absolute atomic E-state index is 0.155. The van der Waals surface area contributed by atoms with Crippen molar-refractivity contribution in [2.24, 2.45) is 0 Å². The number of sulfonamides is 1. The lowest BCUT2D eigenvalue weighted by Crippen LogP contribution is -2.36. The zero-order valence-electron chi connectivity index (χ0n) is 10.8. The van der Waals surface area contributed by atoms with Crippen molar-refractivity contribution < 1.29 is 18.4 Å². The van der Waals surface area contributed by atoms with Gasteiger partial charge in [0, 0.05) is 9.75 Å². The third-order valence-corrected chi connectivity index (χ3v) is 6.37. The predicted molar refractivity (Wildman–Crippen MR) is 77.3 cm³/mol. The summed E-state index contributed by atoms with van der Waals surface area (Å²) >= 11 is 1.40. The van der Waals surface area contributed by atoms with Crippen LogP contribution in [0.4, 0.5) is 0 Å². The highest BCUT2D eigenvalue weighted by Gasteiger charge is 2.37. The average molecular weight is 324 g/mol. The lowest BCUT2D eigenvalue weighted by atomic mass is 10.2. The van der Waals surface area contributed by atoms with Gasteiger partial charge in [-0.15, -0.1) is 11.3 Å². The van der Waals surface area contributed by atoms with Crippen LogP contribution in [0.25, 0.3) is 10.4 Å². The molecule has 21 heavy (non-hydrogen) atoms. The number of hydrogen-bond acceptors (Lipinski definition) is 5. The van der Waals surface area contributed by atoms with Gasteiger partial charge in [0.2, 0.25) is 10.0 Å². The number of carbonyl (C=O) groups is 1. The van der Waals surface area contributed by atoms with Crippen molar-refractivity contribution in [1.29, 1.82) is 0 Å². The van der Waals surface area contributed by atoms with Crippen molar-refractivity contribution in [2.45, 2.75) is 11.4 Å². The fourth-order valence-corrected chi connectivity index (χ4v) is 5.36. The van der Waals surface area contributed by atoms with Crippen LogP contribution in [0.3, 0.4) is 0 Å². The molecule has 1 aliphatic rings. The Hall–Kier alpha value is -1.74. The van der Waals surface area contributed by atoms with E-state index in [0.29, 0.717) is 4.88 Å². The molecule has 1 aromatic carbocycles. The number of hydrogen-bond donors (Lipinski definition) is 2. The first kappa shape index (κ1) is 14.2. The van der Waals surface area contributed by atoms with Crippen molar-refractivity contribution >= 4 is 27.3 Å². The van der Waals surface area contributed by atoms with Gasteiger partial charge in [0.15, 0.2) is 0 Å². The second-order valence-corrected chi connectivity index (χ2v) is 7.62. The van der Waals surface area contributed by atoms with E-state index < -0.39 is 15.9 Å². The molecular weight excluding hydrogens is 312 g/mol. The third kappa shape index (κ3) is 2.46. The Morgan fingerprint density at radius 2 is 2.05 bits per heavy atom. The highest BCUT2D eigenvalue weighted by molar-refractivity contribution is 7.89. The Morgan fingerprint density at radius 3 is 2.67 bits per heavy atom. The van der Waals surface area contributed by atoms with Crippen molar-refractivity contribution in [3.05, 3.63) is 41.3 Å². The maximum Gasteiger partial charge on any atom is 0.258 e. The van der Waals surface area contributed by atoms with E-state index >= 15 is 0 Å². The van der Waals surface area contributed by atoms with Gasteiger partial charge in [-0.25, -0.2) is 13.9 Å². The predicted octanol–water partition coefficient (Wildman–Crippen LogP) is 1.42. The molecule has 0 fully saturated rings. The second kappa shape index (κ2) is 5.23. The molecule has 8 heteroatoms. The summed E-state index contributed by atoms with van der Waals surface area (Å²) in [7, 11) is -3.67. The summed E-state index contributed by atoms with van der Waals surface area (Å²) in [5.74, 6) is -0.753. The van der Waals surface area contributed by atoms with E-state index in [0.717, 1.165) is 14.7 Å². The van der Waals surface area contributed by atoms with Gasteiger partial charge >= 0.3 is 0 Å². The molecule has 3 rings (SSSR count). The van der Waals surface area contributed by atoms with Gasteiger partial charge in [-0.1, -0.05) is 30.3 Å². The average Bonchev–Trinajstić information content (AvgIpc) is 3.00. The van der Waals surface area contributed by atoms with Gasteiger partial charge < -0.3 is 0 Å². The van der Waals surface area contributed by atoms with Gasteiger partial charge in [0.1, 0.15) is 0 Å². The van der Waals surface area contributed by atoms with Crippen LogP contribution in [0.15, 0.2) is 41.3 Å². The Labute approximate surface area is 125 Å². The molecule has 0 aliphatic carbocycles. The summed E-state index contributed by atoms with van der Waals surface area (Å²) in [5.41, 5.74) is 2.41. The second-order valence-electron chi connectivity index (χ2n) is 4.57. The molecule has 110 valence electrons. The van der Waals surface area contributed by atoms with E-state index in [4.69, 9.17) is 5.21 Å². The number of nitrogens with zero attached hydrogens (tertiary/aromatic N) is 1. The quantitative estimate of drug-likeness (QED) is 0.660. The molecule has 1 amide bonds. The molecule has 0 saturated carbocycles. The Bertz CT molecular complexity index is 784. The van der Waals surface area contributed by atoms with Crippen LogP contribution in [-0.2, 0) is 21.4 Å². The Morgan fingerprint density at radius 1 is 1.33 bits per heavy atom. The molecular formula is C13H12N2O4S2. The molecule has 1 aliphatic heterocycles. The number of nitrogens with one attached hydrogen (secondary N) is 1. The number of rotatable bonds is 3. The molecule has 0 atom stereocenters. The van der Waals surface area contributed by atoms with Crippen LogP contribution in [0.5, 0.6) is 0 Å². The van der Waals surface area contributed by atoms with Crippen LogP contribution < -0.4 is 5.48 Å². The summed E-state index contributed by atoms with van der Waals surface area (Å²) in [6.45, 7) is -0.233. The lowest BCUT2D eigenvalue weighted by molar-refractivity contribution is -0.129. The van der Waals surface area contributed by atoms with Crippen LogP contribution in [0.2, 0.25) is 0 Å². The highest BCUT2D eigenvalue weighted by atomic mass is 32.2. The molecule has 6 nitrogen and oxygen atoms in total. The van der Waals surface area contributed by atoms with Crippen LogP contribution in [0, 0.1) is 0 Å². The molecule has 1 aromatic heterocycles. The van der Waals surface area contributed by atoms with E-state index in [2.05, 4.69) is 0 Å². The minimum Gasteiger partial charge on any atom is -0.289 e. The van der Waals surface area contributed by atoms with E-state index in [1.165, 1.54) is 16.8 Å². The summed E-state index contributed by atoms with van der Waals surface area (Å²) in [5, 5.41) is 8.51. The number of thiophene rings is 1. The number of hydroxylamine groups is 1. The number of benzene rings is 1. The van der Waals surface area contributed by atoms with Gasteiger partial charge in [-0.2, -0.15) is 4.31 Å². The molecule has 0 bridgehead atoms. The van der Waals surface area contributed by atoms with E-state index in [1.54, 1.807) is 6.07 Å². The van der Waals surface area contributed by atoms with Crippen LogP contribution >= 0.6 is 11.3 Å². The fourth-order valence-electron chi connectivity index (χ4n) is 2.21. The van der Waals surface area contributed by atoms with Gasteiger partial charge in [-0.3, -0.25) is 10.0 Å². The number of amides is 1. The first-order valence-electron chi connectivity index (χ1n) is 6.13. The third-order valence-electron chi connectivity index (χ3n) is 3.21. The smallest absolute Gasteiger partial charge is 0.258 e. The molecule has 0 saturated heterocycles. The van der Waals surface area contributed by atoms with Gasteiger partial charge in [-0.05, 0) is 11.6 Å². The minimum atomic E-state index is -3.67. The van der Waals surface area contributed by atoms with Crippen LogP contribution in [-0.4, -0.2) is 30.4 Å². The first-order chi connectivity index (χ1) is 10.0. The first-order valence-corrected chi connectivity index (χ1v) is 8.39.